The average Bonchev–Trinajstić information content (AvgIpc) is 2.44. The Labute approximate surface area is 75.5 Å². The van der Waals surface area contributed by atoms with E-state index in [-0.39, 0.29) is 18.0 Å². The molecule has 0 aliphatic carbocycles. The van der Waals surface area contributed by atoms with Gasteiger partial charge in [-0.1, -0.05) is 5.92 Å². The molecule has 0 saturated carbocycles. The first-order chi connectivity index (χ1) is 6.16. The van der Waals surface area contributed by atoms with Crippen molar-refractivity contribution in [3.63, 3.8) is 0 Å². The number of ether oxygens (including phenoxy) is 1. The number of terminal acetylenes is 1. The summed E-state index contributed by atoms with van der Waals surface area (Å²) in [5, 5.41) is 3.78. The van der Waals surface area contributed by atoms with E-state index < -0.39 is 5.97 Å². The molecule has 1 aromatic heterocycles. The minimum Gasteiger partial charge on any atom is -0.449 e. The normalized spacial score (nSPS) is 9.23. The summed E-state index contributed by atoms with van der Waals surface area (Å²) in [4.78, 5) is 11.2. The third-order valence-corrected chi connectivity index (χ3v) is 1.49. The van der Waals surface area contributed by atoms with Gasteiger partial charge in [0.1, 0.15) is 11.4 Å². The van der Waals surface area contributed by atoms with Crippen molar-refractivity contribution in [1.82, 2.24) is 9.78 Å². The first kappa shape index (κ1) is 9.13. The third kappa shape index (κ3) is 1.79. The van der Waals surface area contributed by atoms with Gasteiger partial charge in [-0.05, 0) is 0 Å². The molecule has 0 radical (unpaired) electrons. The second kappa shape index (κ2) is 3.63. The molecule has 0 unspecified atom stereocenters. The van der Waals surface area contributed by atoms with Crippen LogP contribution in [0.4, 0.5) is 5.82 Å². The number of carbonyl (C=O) groups is 1. The molecule has 68 valence electrons. The molecule has 0 aromatic carbocycles. The molecule has 0 atom stereocenters. The molecule has 0 amide bonds. The fourth-order valence-electron chi connectivity index (χ4n) is 0.789. The number of nitrogen functional groups attached to an aromatic ring is 1. The lowest BCUT2D eigenvalue weighted by Crippen LogP contribution is -2.08. The van der Waals surface area contributed by atoms with Gasteiger partial charge in [-0.15, -0.1) is 6.42 Å². The summed E-state index contributed by atoms with van der Waals surface area (Å²) < 4.78 is 6.04. The number of aryl methyl sites for hydroxylation is 1. The highest BCUT2D eigenvalue weighted by atomic mass is 16.5. The quantitative estimate of drug-likeness (QED) is 0.504. The molecule has 1 rings (SSSR count). The number of aromatic nitrogens is 2. The van der Waals surface area contributed by atoms with Gasteiger partial charge in [0, 0.05) is 7.05 Å². The second-order valence-electron chi connectivity index (χ2n) is 2.35. The predicted octanol–water partition coefficient (Wildman–Crippen LogP) is -0.208. The Morgan fingerprint density at radius 1 is 1.92 bits per heavy atom. The van der Waals surface area contributed by atoms with Gasteiger partial charge in [0.15, 0.2) is 6.61 Å². The number of esters is 1. The van der Waals surface area contributed by atoms with E-state index in [0.29, 0.717) is 0 Å². The maximum Gasteiger partial charge on any atom is 0.344 e. The van der Waals surface area contributed by atoms with Crippen molar-refractivity contribution in [2.24, 2.45) is 7.05 Å². The molecule has 1 aromatic rings. The number of carbonyl (C=O) groups excluding carboxylic acids is 1. The van der Waals surface area contributed by atoms with Gasteiger partial charge in [-0.3, -0.25) is 4.68 Å². The van der Waals surface area contributed by atoms with E-state index in [1.54, 1.807) is 7.05 Å². The zero-order chi connectivity index (χ0) is 9.84. The van der Waals surface area contributed by atoms with Crippen molar-refractivity contribution in [3.05, 3.63) is 11.8 Å². The lowest BCUT2D eigenvalue weighted by Gasteiger charge is -1.99. The minimum absolute atomic E-state index is 0.0623. The van der Waals surface area contributed by atoms with Crippen LogP contribution in [0.1, 0.15) is 10.4 Å². The molecule has 13 heavy (non-hydrogen) atoms. The van der Waals surface area contributed by atoms with Gasteiger partial charge >= 0.3 is 5.97 Å². The number of nitrogens with two attached hydrogens (primary N) is 1. The molecule has 0 spiro atoms. The van der Waals surface area contributed by atoms with Crippen LogP contribution in [-0.4, -0.2) is 22.4 Å². The first-order valence-corrected chi connectivity index (χ1v) is 3.55. The van der Waals surface area contributed by atoms with Gasteiger partial charge in [0.05, 0.1) is 6.20 Å². The zero-order valence-corrected chi connectivity index (χ0v) is 7.15. The Bertz CT molecular complexity index is 362. The molecule has 5 nitrogen and oxygen atoms in total. The molecule has 0 saturated heterocycles. The summed E-state index contributed by atoms with van der Waals surface area (Å²) in [6.45, 7) is -0.0623. The van der Waals surface area contributed by atoms with E-state index in [4.69, 9.17) is 12.2 Å². The van der Waals surface area contributed by atoms with Crippen molar-refractivity contribution < 1.29 is 9.53 Å². The van der Waals surface area contributed by atoms with Crippen LogP contribution in [0.5, 0.6) is 0 Å². The van der Waals surface area contributed by atoms with Crippen LogP contribution >= 0.6 is 0 Å². The van der Waals surface area contributed by atoms with Crippen LogP contribution in [0.15, 0.2) is 6.20 Å². The molecule has 1 heterocycles. The van der Waals surface area contributed by atoms with Crippen LogP contribution in [0, 0.1) is 12.3 Å². The fraction of sp³-hybridized carbons (Fsp3) is 0.250. The third-order valence-electron chi connectivity index (χ3n) is 1.49. The smallest absolute Gasteiger partial charge is 0.344 e. The lowest BCUT2D eigenvalue weighted by atomic mass is 10.3. The topological polar surface area (TPSA) is 70.1 Å². The van der Waals surface area contributed by atoms with Crippen molar-refractivity contribution in [1.29, 1.82) is 0 Å². The second-order valence-corrected chi connectivity index (χ2v) is 2.35. The molecule has 2 N–H and O–H groups in total. The van der Waals surface area contributed by atoms with Crippen molar-refractivity contribution >= 4 is 11.8 Å². The van der Waals surface area contributed by atoms with Gasteiger partial charge in [0.25, 0.3) is 0 Å². The molecule has 0 bridgehead atoms. The summed E-state index contributed by atoms with van der Waals surface area (Å²) in [5.74, 6) is 1.90. The number of rotatable bonds is 2. The van der Waals surface area contributed by atoms with Gasteiger partial charge in [0.2, 0.25) is 0 Å². The van der Waals surface area contributed by atoms with Gasteiger partial charge < -0.3 is 10.5 Å². The van der Waals surface area contributed by atoms with Gasteiger partial charge in [-0.25, -0.2) is 4.79 Å². The summed E-state index contributed by atoms with van der Waals surface area (Å²) in [5.41, 5.74) is 5.76. The van der Waals surface area contributed by atoms with Crippen molar-refractivity contribution in [3.8, 4) is 12.3 Å². The fourth-order valence-corrected chi connectivity index (χ4v) is 0.789. The maximum atomic E-state index is 11.2. The summed E-state index contributed by atoms with van der Waals surface area (Å²) in [6.07, 6.45) is 6.26. The minimum atomic E-state index is -0.552. The monoisotopic (exact) mass is 179 g/mol. The summed E-state index contributed by atoms with van der Waals surface area (Å²) in [7, 11) is 1.63. The Kier molecular flexibility index (Phi) is 2.55. The Morgan fingerprint density at radius 3 is 3.08 bits per heavy atom. The van der Waals surface area contributed by atoms with Crippen LogP contribution in [0.25, 0.3) is 0 Å². The number of anilines is 1. The van der Waals surface area contributed by atoms with Crippen molar-refractivity contribution in [2.45, 2.75) is 0 Å². The van der Waals surface area contributed by atoms with E-state index in [9.17, 15) is 4.79 Å². The van der Waals surface area contributed by atoms with E-state index in [2.05, 4.69) is 15.8 Å². The van der Waals surface area contributed by atoms with Crippen LogP contribution in [0.2, 0.25) is 0 Å². The van der Waals surface area contributed by atoms with E-state index in [1.807, 2.05) is 0 Å². The highest BCUT2D eigenvalue weighted by molar-refractivity contribution is 5.94. The molecule has 0 aliphatic heterocycles. The number of hydrogen-bond donors (Lipinski definition) is 1. The molecular weight excluding hydrogens is 170 g/mol. The van der Waals surface area contributed by atoms with Gasteiger partial charge in [-0.2, -0.15) is 5.10 Å². The van der Waals surface area contributed by atoms with E-state index >= 15 is 0 Å². The largest absolute Gasteiger partial charge is 0.449 e. The van der Waals surface area contributed by atoms with Crippen LogP contribution < -0.4 is 5.73 Å². The number of nitrogens with zero attached hydrogens (tertiary/aromatic N) is 2. The molecule has 0 fully saturated rings. The first-order valence-electron chi connectivity index (χ1n) is 3.55. The van der Waals surface area contributed by atoms with Crippen molar-refractivity contribution in [2.75, 3.05) is 12.3 Å². The molecular formula is C8H9N3O2. The average molecular weight is 179 g/mol. The lowest BCUT2D eigenvalue weighted by molar-refractivity contribution is 0.0558. The summed E-state index contributed by atoms with van der Waals surface area (Å²) in [6, 6.07) is 0. The van der Waals surface area contributed by atoms with Crippen LogP contribution in [0.3, 0.4) is 0 Å². The molecule has 0 aliphatic rings. The predicted molar refractivity (Wildman–Crippen MR) is 46.7 cm³/mol. The number of hydrogen-bond acceptors (Lipinski definition) is 4. The van der Waals surface area contributed by atoms with Crippen LogP contribution in [-0.2, 0) is 11.8 Å². The highest BCUT2D eigenvalue weighted by Gasteiger charge is 2.14. The highest BCUT2D eigenvalue weighted by Crippen LogP contribution is 2.10. The molecule has 5 heteroatoms. The Hall–Kier alpha value is -1.96. The zero-order valence-electron chi connectivity index (χ0n) is 7.15. The standard InChI is InChI=1S/C8H9N3O2/c1-3-4-13-8(12)6-5-10-11(2)7(6)9/h1,5H,4,9H2,2H3. The summed E-state index contributed by atoms with van der Waals surface area (Å²) >= 11 is 0. The Morgan fingerprint density at radius 2 is 2.62 bits per heavy atom. The van der Waals surface area contributed by atoms with E-state index in [0.717, 1.165) is 0 Å². The Balaban J connectivity index is 2.78. The van der Waals surface area contributed by atoms with E-state index in [1.165, 1.54) is 10.9 Å². The SMILES string of the molecule is C#CCOC(=O)c1cnn(C)c1N. The maximum absolute atomic E-state index is 11.2.